The van der Waals surface area contributed by atoms with Crippen molar-refractivity contribution in [3.8, 4) is 0 Å². The van der Waals surface area contributed by atoms with E-state index in [0.29, 0.717) is 5.54 Å². The predicted octanol–water partition coefficient (Wildman–Crippen LogP) is 2.76. The van der Waals surface area contributed by atoms with Crippen LogP contribution in [0.25, 0.3) is 0 Å². The highest BCUT2D eigenvalue weighted by molar-refractivity contribution is 4.86. The molecule has 0 bridgehead atoms. The van der Waals surface area contributed by atoms with Crippen LogP contribution in [0.1, 0.15) is 41.5 Å². The summed E-state index contributed by atoms with van der Waals surface area (Å²) in [6, 6.07) is 0. The van der Waals surface area contributed by atoms with E-state index in [2.05, 4.69) is 32.6 Å². The molecule has 1 saturated heterocycles. The van der Waals surface area contributed by atoms with Gasteiger partial charge in [-0.15, -0.1) is 0 Å². The van der Waals surface area contributed by atoms with Crippen molar-refractivity contribution in [1.82, 2.24) is 4.90 Å². The fourth-order valence-corrected chi connectivity index (χ4v) is 1.25. The fourth-order valence-electron chi connectivity index (χ4n) is 1.25. The Morgan fingerprint density at radius 3 is 1.55 bits per heavy atom. The molecule has 1 fully saturated rings. The number of likely N-dealkylation sites (tertiary alicyclic amines) is 1. The van der Waals surface area contributed by atoms with Gasteiger partial charge in [0.25, 0.3) is 0 Å². The Kier molecular flexibility index (Phi) is 4.09. The van der Waals surface area contributed by atoms with Gasteiger partial charge in [-0.25, -0.2) is 0 Å². The molecule has 0 aromatic rings. The highest BCUT2D eigenvalue weighted by atomic mass is 15.2. The number of rotatable bonds is 0. The molecular formula is C10H23N. The minimum atomic E-state index is 0.409. The molecule has 0 aliphatic carbocycles. The lowest BCUT2D eigenvalue weighted by Gasteiger charge is -2.46. The Labute approximate surface area is 71.8 Å². The van der Waals surface area contributed by atoms with Gasteiger partial charge in [-0.05, 0) is 26.7 Å². The Morgan fingerprint density at radius 2 is 1.45 bits per heavy atom. The van der Waals surface area contributed by atoms with E-state index < -0.39 is 0 Å². The van der Waals surface area contributed by atoms with E-state index >= 15 is 0 Å². The minimum absolute atomic E-state index is 0.409. The zero-order chi connectivity index (χ0) is 9.07. The van der Waals surface area contributed by atoms with Crippen LogP contribution in [0.2, 0.25) is 0 Å². The maximum Gasteiger partial charge on any atom is 0.0125 e. The van der Waals surface area contributed by atoms with E-state index in [-0.39, 0.29) is 0 Å². The number of nitrogens with zero attached hydrogens (tertiary/aromatic N) is 1. The summed E-state index contributed by atoms with van der Waals surface area (Å²) in [6.45, 7) is 15.7. The molecule has 0 saturated carbocycles. The van der Waals surface area contributed by atoms with Crippen molar-refractivity contribution in [1.29, 1.82) is 0 Å². The van der Waals surface area contributed by atoms with Crippen molar-refractivity contribution in [3.05, 3.63) is 0 Å². The molecule has 0 aromatic carbocycles. The van der Waals surface area contributed by atoms with Crippen LogP contribution in [0.5, 0.6) is 0 Å². The lowest BCUT2D eigenvalue weighted by molar-refractivity contribution is 0.0224. The monoisotopic (exact) mass is 157 g/mol. The molecule has 0 amide bonds. The van der Waals surface area contributed by atoms with E-state index in [1.165, 1.54) is 13.1 Å². The molecule has 1 rings (SSSR count). The van der Waals surface area contributed by atoms with Gasteiger partial charge in [0.2, 0.25) is 0 Å². The lowest BCUT2D eigenvalue weighted by Crippen LogP contribution is -2.54. The van der Waals surface area contributed by atoms with Gasteiger partial charge >= 0.3 is 0 Å². The van der Waals surface area contributed by atoms with Crippen LogP contribution < -0.4 is 0 Å². The number of hydrogen-bond acceptors (Lipinski definition) is 1. The molecule has 1 heterocycles. The third-order valence-electron chi connectivity index (χ3n) is 2.01. The fraction of sp³-hybridized carbons (Fsp3) is 1.00. The van der Waals surface area contributed by atoms with Crippen molar-refractivity contribution in [2.75, 3.05) is 13.1 Å². The summed E-state index contributed by atoms with van der Waals surface area (Å²) in [5.41, 5.74) is 0.409. The van der Waals surface area contributed by atoms with E-state index in [4.69, 9.17) is 0 Å². The molecule has 0 unspecified atom stereocenters. The van der Waals surface area contributed by atoms with Gasteiger partial charge in [0.15, 0.2) is 0 Å². The van der Waals surface area contributed by atoms with Crippen LogP contribution in [0, 0.1) is 5.92 Å². The molecule has 1 nitrogen and oxygen atoms in total. The topological polar surface area (TPSA) is 3.24 Å². The van der Waals surface area contributed by atoms with Crippen LogP contribution >= 0.6 is 0 Å². The number of hydrogen-bond donors (Lipinski definition) is 0. The van der Waals surface area contributed by atoms with E-state index in [0.717, 1.165) is 5.92 Å². The molecule has 0 aromatic heterocycles. The molecule has 0 spiro atoms. The Balaban J connectivity index is 0.000000461. The van der Waals surface area contributed by atoms with E-state index in [1.54, 1.807) is 0 Å². The van der Waals surface area contributed by atoms with Crippen LogP contribution in [0.3, 0.4) is 0 Å². The first-order chi connectivity index (χ1) is 5.00. The van der Waals surface area contributed by atoms with Crippen LogP contribution in [0.4, 0.5) is 0 Å². The second-order valence-electron chi connectivity index (χ2n) is 4.18. The van der Waals surface area contributed by atoms with Gasteiger partial charge in [-0.1, -0.05) is 20.8 Å². The summed E-state index contributed by atoms with van der Waals surface area (Å²) in [4.78, 5) is 2.51. The summed E-state index contributed by atoms with van der Waals surface area (Å²) in [6.07, 6.45) is 0. The van der Waals surface area contributed by atoms with Crippen LogP contribution in [-0.2, 0) is 0 Å². The van der Waals surface area contributed by atoms with Gasteiger partial charge in [0, 0.05) is 18.6 Å². The molecule has 68 valence electrons. The average Bonchev–Trinajstić information content (AvgIpc) is 1.84. The smallest absolute Gasteiger partial charge is 0.0125 e. The highest BCUT2D eigenvalue weighted by Gasteiger charge is 2.31. The highest BCUT2D eigenvalue weighted by Crippen LogP contribution is 2.24. The van der Waals surface area contributed by atoms with Gasteiger partial charge < -0.3 is 0 Å². The normalized spacial score (nSPS) is 20.2. The predicted molar refractivity (Wildman–Crippen MR) is 51.8 cm³/mol. The van der Waals surface area contributed by atoms with Crippen LogP contribution in [0.15, 0.2) is 0 Å². The summed E-state index contributed by atoms with van der Waals surface area (Å²) in [5, 5.41) is 0. The maximum absolute atomic E-state index is 2.51. The van der Waals surface area contributed by atoms with Crippen molar-refractivity contribution >= 4 is 0 Å². The Morgan fingerprint density at radius 1 is 1.09 bits per heavy atom. The van der Waals surface area contributed by atoms with Gasteiger partial charge in [-0.3, -0.25) is 4.90 Å². The van der Waals surface area contributed by atoms with Crippen molar-refractivity contribution in [2.45, 2.75) is 47.1 Å². The first-order valence-electron chi connectivity index (χ1n) is 4.75. The first kappa shape index (κ1) is 11.0. The standard InChI is InChI=1S/C8H17N.C2H6/c1-7-5-9(6-7)8(2,3)4;1-2/h7H,5-6H2,1-4H3;1-2H3. The SMILES string of the molecule is CC.CC1CN(C(C)(C)C)C1. The Hall–Kier alpha value is -0.0400. The zero-order valence-electron chi connectivity index (χ0n) is 8.94. The maximum atomic E-state index is 2.51. The molecule has 0 atom stereocenters. The quantitative estimate of drug-likeness (QED) is 0.522. The summed E-state index contributed by atoms with van der Waals surface area (Å²) >= 11 is 0. The summed E-state index contributed by atoms with van der Waals surface area (Å²) < 4.78 is 0. The molecule has 1 aliphatic rings. The van der Waals surface area contributed by atoms with Crippen molar-refractivity contribution in [2.24, 2.45) is 5.92 Å². The summed E-state index contributed by atoms with van der Waals surface area (Å²) in [7, 11) is 0. The molecule has 0 radical (unpaired) electrons. The molecule has 1 heteroatoms. The minimum Gasteiger partial charge on any atom is -0.298 e. The first-order valence-corrected chi connectivity index (χ1v) is 4.75. The molecule has 0 N–H and O–H groups in total. The molecular weight excluding hydrogens is 134 g/mol. The lowest BCUT2D eigenvalue weighted by atomic mass is 9.94. The van der Waals surface area contributed by atoms with Crippen LogP contribution in [-0.4, -0.2) is 23.5 Å². The van der Waals surface area contributed by atoms with E-state index in [9.17, 15) is 0 Å². The zero-order valence-corrected chi connectivity index (χ0v) is 8.94. The van der Waals surface area contributed by atoms with E-state index in [1.807, 2.05) is 13.8 Å². The third kappa shape index (κ3) is 3.24. The third-order valence-corrected chi connectivity index (χ3v) is 2.01. The average molecular weight is 157 g/mol. The van der Waals surface area contributed by atoms with Gasteiger partial charge in [0.05, 0.1) is 0 Å². The van der Waals surface area contributed by atoms with Crippen molar-refractivity contribution in [3.63, 3.8) is 0 Å². The summed E-state index contributed by atoms with van der Waals surface area (Å²) in [5.74, 6) is 0.934. The van der Waals surface area contributed by atoms with Gasteiger partial charge in [-0.2, -0.15) is 0 Å². The molecule has 11 heavy (non-hydrogen) atoms. The second-order valence-corrected chi connectivity index (χ2v) is 4.18. The van der Waals surface area contributed by atoms with Crippen molar-refractivity contribution < 1.29 is 0 Å². The Bertz CT molecular complexity index is 95.9. The van der Waals surface area contributed by atoms with Gasteiger partial charge in [0.1, 0.15) is 0 Å². The second kappa shape index (κ2) is 4.10. The largest absolute Gasteiger partial charge is 0.298 e. The molecule has 1 aliphatic heterocycles.